The number of hydrogen-bond acceptors (Lipinski definition) is 5. The van der Waals surface area contributed by atoms with Crippen molar-refractivity contribution >= 4 is 40.8 Å². The second-order valence-electron chi connectivity index (χ2n) is 8.30. The van der Waals surface area contributed by atoms with Crippen molar-refractivity contribution in [1.29, 1.82) is 0 Å². The molecule has 0 heterocycles. The van der Waals surface area contributed by atoms with E-state index in [9.17, 15) is 18.8 Å². The maximum Gasteiger partial charge on any atom is 0.419 e. The molecular formula is C29H27ClFNO5. The van der Waals surface area contributed by atoms with Crippen molar-refractivity contribution in [2.75, 3.05) is 18.1 Å². The lowest BCUT2D eigenvalue weighted by Crippen LogP contribution is -2.29. The quantitative estimate of drug-likeness (QED) is 0.136. The van der Waals surface area contributed by atoms with E-state index in [0.717, 1.165) is 5.56 Å². The smallest absolute Gasteiger partial charge is 0.419 e. The molecule has 0 saturated heterocycles. The van der Waals surface area contributed by atoms with Crippen LogP contribution in [0.4, 0.5) is 20.6 Å². The van der Waals surface area contributed by atoms with Gasteiger partial charge in [-0.25, -0.2) is 18.9 Å². The number of carbonyl (C=O) groups excluding carboxylic acids is 3. The lowest BCUT2D eigenvalue weighted by atomic mass is 9.99. The van der Waals surface area contributed by atoms with Gasteiger partial charge in [0.25, 0.3) is 0 Å². The van der Waals surface area contributed by atoms with Gasteiger partial charge in [-0.3, -0.25) is 4.79 Å². The summed E-state index contributed by atoms with van der Waals surface area (Å²) in [6, 6.07) is 15.7. The van der Waals surface area contributed by atoms with Gasteiger partial charge < -0.3 is 9.47 Å². The van der Waals surface area contributed by atoms with Crippen molar-refractivity contribution in [3.05, 3.63) is 105 Å². The number of allylic oxidation sites excluding steroid dienone is 1. The Morgan fingerprint density at radius 3 is 2.27 bits per heavy atom. The predicted molar refractivity (Wildman–Crippen MR) is 141 cm³/mol. The number of aryl methyl sites for hydroxylation is 2. The number of hydrogen-bond donors (Lipinski definition) is 0. The number of ketones is 1. The summed E-state index contributed by atoms with van der Waals surface area (Å²) in [5.74, 6) is -1.22. The molecule has 0 spiro atoms. The molecule has 3 rings (SSSR count). The van der Waals surface area contributed by atoms with E-state index in [1.165, 1.54) is 35.2 Å². The molecule has 0 saturated carbocycles. The monoisotopic (exact) mass is 523 g/mol. The van der Waals surface area contributed by atoms with Crippen LogP contribution < -0.4 is 4.90 Å². The van der Waals surface area contributed by atoms with Crippen LogP contribution in [-0.2, 0) is 14.3 Å². The highest BCUT2D eigenvalue weighted by Gasteiger charge is 2.24. The summed E-state index contributed by atoms with van der Waals surface area (Å²) in [6.45, 7) is 6.47. The van der Waals surface area contributed by atoms with Crippen molar-refractivity contribution in [2.45, 2.75) is 27.7 Å². The molecule has 8 heteroatoms. The van der Waals surface area contributed by atoms with Crippen molar-refractivity contribution in [2.24, 2.45) is 0 Å². The number of halogens is 2. The minimum Gasteiger partial charge on any atom is -0.459 e. The van der Waals surface area contributed by atoms with Crippen molar-refractivity contribution in [1.82, 2.24) is 0 Å². The van der Waals surface area contributed by atoms with E-state index < -0.39 is 17.9 Å². The highest BCUT2D eigenvalue weighted by atomic mass is 35.5. The Morgan fingerprint density at radius 2 is 1.62 bits per heavy atom. The number of benzene rings is 3. The molecule has 0 N–H and O–H groups in total. The van der Waals surface area contributed by atoms with Crippen LogP contribution in [-0.4, -0.2) is 31.1 Å². The number of carbonyl (C=O) groups is 3. The van der Waals surface area contributed by atoms with Crippen molar-refractivity contribution in [3.63, 3.8) is 0 Å². The summed E-state index contributed by atoms with van der Waals surface area (Å²) in [5.41, 5.74) is 3.19. The largest absolute Gasteiger partial charge is 0.459 e. The minimum absolute atomic E-state index is 0.138. The molecule has 3 aromatic rings. The third kappa shape index (κ3) is 6.62. The Morgan fingerprint density at radius 1 is 0.919 bits per heavy atom. The van der Waals surface area contributed by atoms with Gasteiger partial charge >= 0.3 is 12.1 Å². The van der Waals surface area contributed by atoms with Crippen molar-refractivity contribution < 1.29 is 28.2 Å². The molecule has 192 valence electrons. The van der Waals surface area contributed by atoms with Gasteiger partial charge in [-0.05, 0) is 75.2 Å². The summed E-state index contributed by atoms with van der Waals surface area (Å²) in [6.07, 6.45) is 0.826. The van der Waals surface area contributed by atoms with E-state index in [2.05, 4.69) is 0 Å². The van der Waals surface area contributed by atoms with Crippen LogP contribution in [0.2, 0.25) is 5.02 Å². The normalized spacial score (nSPS) is 11.1. The minimum atomic E-state index is -0.789. The first kappa shape index (κ1) is 27.6. The van der Waals surface area contributed by atoms with E-state index in [4.69, 9.17) is 21.1 Å². The first-order valence-corrected chi connectivity index (χ1v) is 11.9. The molecule has 0 aliphatic heterocycles. The second-order valence-corrected chi connectivity index (χ2v) is 8.70. The Kier molecular flexibility index (Phi) is 9.20. The zero-order valence-electron chi connectivity index (χ0n) is 21.0. The Hall–Kier alpha value is -3.97. The molecule has 37 heavy (non-hydrogen) atoms. The van der Waals surface area contributed by atoms with Crippen LogP contribution in [0, 0.1) is 19.7 Å². The lowest BCUT2D eigenvalue weighted by molar-refractivity contribution is -0.139. The molecule has 0 unspecified atom stereocenters. The first-order valence-electron chi connectivity index (χ1n) is 11.6. The molecule has 0 radical (unpaired) electrons. The molecule has 0 aliphatic rings. The van der Waals surface area contributed by atoms with E-state index in [0.29, 0.717) is 28.1 Å². The molecule has 6 nitrogen and oxygen atoms in total. The first-order chi connectivity index (χ1) is 17.6. The van der Waals surface area contributed by atoms with Gasteiger partial charge in [-0.2, -0.15) is 0 Å². The second kappa shape index (κ2) is 12.3. The van der Waals surface area contributed by atoms with Crippen LogP contribution in [0.5, 0.6) is 0 Å². The Labute approximate surface area is 220 Å². The summed E-state index contributed by atoms with van der Waals surface area (Å²) in [4.78, 5) is 39.3. The van der Waals surface area contributed by atoms with Crippen LogP contribution in [0.3, 0.4) is 0 Å². The Bertz CT molecular complexity index is 1370. The molecule has 3 aromatic carbocycles. The SMILES string of the molecule is CC=C(C)C(=O)OCCOC(=O)N(c1ccc(C(=O)c2ccccc2C)c(Cl)c1)c1ccc(F)cc1C. The summed E-state index contributed by atoms with van der Waals surface area (Å²) in [7, 11) is 0. The van der Waals surface area contributed by atoms with Gasteiger partial charge in [-0.1, -0.05) is 41.9 Å². The third-order valence-corrected chi connectivity index (χ3v) is 6.04. The van der Waals surface area contributed by atoms with Crippen LogP contribution in [0.25, 0.3) is 0 Å². The fourth-order valence-corrected chi connectivity index (χ4v) is 3.83. The van der Waals surface area contributed by atoms with E-state index in [1.54, 1.807) is 45.0 Å². The number of ether oxygens (including phenoxy) is 2. The number of nitrogens with zero attached hydrogens (tertiary/aromatic N) is 1. The van der Waals surface area contributed by atoms with E-state index in [1.807, 2.05) is 19.1 Å². The van der Waals surface area contributed by atoms with Gasteiger partial charge in [0.2, 0.25) is 0 Å². The highest BCUT2D eigenvalue weighted by Crippen LogP contribution is 2.33. The van der Waals surface area contributed by atoms with E-state index in [-0.39, 0.29) is 29.6 Å². The van der Waals surface area contributed by atoms with Crippen LogP contribution >= 0.6 is 11.6 Å². The molecule has 0 aromatic heterocycles. The molecule has 1 amide bonds. The maximum atomic E-state index is 13.8. The molecule has 0 bridgehead atoms. The standard InChI is InChI=1S/C29H27ClFNO5/c1-5-18(2)28(34)36-14-15-37-29(35)32(26-13-10-21(31)16-20(26)4)22-11-12-24(25(30)17-22)27(33)23-9-7-6-8-19(23)3/h5-13,16-17H,14-15H2,1-4H3. The topological polar surface area (TPSA) is 72.9 Å². The molecule has 0 aliphatic carbocycles. The highest BCUT2D eigenvalue weighted by molar-refractivity contribution is 6.35. The van der Waals surface area contributed by atoms with Gasteiger partial charge in [0.1, 0.15) is 19.0 Å². The Balaban J connectivity index is 1.89. The van der Waals surface area contributed by atoms with Gasteiger partial charge in [0.05, 0.1) is 16.4 Å². The third-order valence-electron chi connectivity index (χ3n) is 5.72. The summed E-state index contributed by atoms with van der Waals surface area (Å²) >= 11 is 6.51. The van der Waals surface area contributed by atoms with Crippen LogP contribution in [0.1, 0.15) is 40.9 Å². The van der Waals surface area contributed by atoms with Gasteiger partial charge in [0, 0.05) is 16.7 Å². The zero-order chi connectivity index (χ0) is 27.1. The van der Waals surface area contributed by atoms with Gasteiger partial charge in [0.15, 0.2) is 5.78 Å². The summed E-state index contributed by atoms with van der Waals surface area (Å²) < 4.78 is 24.2. The predicted octanol–water partition coefficient (Wildman–Crippen LogP) is 7.11. The molecular weight excluding hydrogens is 497 g/mol. The van der Waals surface area contributed by atoms with Gasteiger partial charge in [-0.15, -0.1) is 0 Å². The number of anilines is 2. The average molecular weight is 524 g/mol. The fraction of sp³-hybridized carbons (Fsp3) is 0.207. The summed E-state index contributed by atoms with van der Waals surface area (Å²) in [5, 5.41) is 0.138. The number of amides is 1. The zero-order valence-corrected chi connectivity index (χ0v) is 21.8. The van der Waals surface area contributed by atoms with Crippen molar-refractivity contribution in [3.8, 4) is 0 Å². The van der Waals surface area contributed by atoms with E-state index >= 15 is 0 Å². The fourth-order valence-electron chi connectivity index (χ4n) is 3.57. The molecule has 0 fully saturated rings. The number of rotatable bonds is 8. The average Bonchev–Trinajstić information content (AvgIpc) is 2.87. The van der Waals surface area contributed by atoms with Crippen LogP contribution in [0.15, 0.2) is 72.3 Å². The molecule has 0 atom stereocenters. The lowest BCUT2D eigenvalue weighted by Gasteiger charge is -2.24. The maximum absolute atomic E-state index is 13.8. The number of esters is 1.